The smallest absolute Gasteiger partial charge is 0.261 e. The van der Waals surface area contributed by atoms with Crippen molar-refractivity contribution in [3.63, 3.8) is 0 Å². The summed E-state index contributed by atoms with van der Waals surface area (Å²) in [7, 11) is 0. The Bertz CT molecular complexity index is 585. The van der Waals surface area contributed by atoms with E-state index in [1.807, 2.05) is 0 Å². The van der Waals surface area contributed by atoms with E-state index in [9.17, 15) is 14.4 Å². The van der Waals surface area contributed by atoms with E-state index in [1.54, 1.807) is 31.2 Å². The first kappa shape index (κ1) is 15.3. The monoisotopic (exact) mass is 317 g/mol. The first-order chi connectivity index (χ1) is 10.6. The van der Waals surface area contributed by atoms with Crippen LogP contribution in [0.5, 0.6) is 0 Å². The third-order valence-electron chi connectivity index (χ3n) is 4.53. The molecule has 1 heterocycles. The molecule has 0 N–H and O–H groups in total. The number of imide groups is 1. The number of fused-ring (bicyclic) bond motifs is 1. The van der Waals surface area contributed by atoms with Crippen LogP contribution in [0.4, 0.5) is 0 Å². The van der Waals surface area contributed by atoms with Gasteiger partial charge in [0.2, 0.25) is 0 Å². The molecule has 0 unspecified atom stereocenters. The van der Waals surface area contributed by atoms with Crippen LogP contribution in [-0.2, 0) is 4.79 Å². The van der Waals surface area contributed by atoms with Crippen molar-refractivity contribution in [2.75, 3.05) is 5.75 Å². The van der Waals surface area contributed by atoms with Gasteiger partial charge >= 0.3 is 0 Å². The molecule has 2 aliphatic rings. The molecule has 0 bridgehead atoms. The van der Waals surface area contributed by atoms with Gasteiger partial charge in [-0.25, -0.2) is 0 Å². The van der Waals surface area contributed by atoms with Crippen molar-refractivity contribution in [1.29, 1.82) is 0 Å². The Morgan fingerprint density at radius 3 is 2.14 bits per heavy atom. The fraction of sp³-hybridized carbons (Fsp3) is 0.471. The lowest BCUT2D eigenvalue weighted by atomic mass is 9.86. The van der Waals surface area contributed by atoms with Crippen LogP contribution in [-0.4, -0.2) is 33.6 Å². The highest BCUT2D eigenvalue weighted by Crippen LogP contribution is 2.34. The quantitative estimate of drug-likeness (QED) is 0.804. The molecule has 2 amide bonds. The van der Waals surface area contributed by atoms with Crippen molar-refractivity contribution < 1.29 is 14.4 Å². The maximum Gasteiger partial charge on any atom is 0.261 e. The first-order valence-electron chi connectivity index (χ1n) is 7.68. The lowest BCUT2D eigenvalue weighted by molar-refractivity contribution is -0.109. The lowest BCUT2D eigenvalue weighted by Crippen LogP contribution is -2.42. The highest BCUT2D eigenvalue weighted by Gasteiger charge is 2.40. The average molecular weight is 317 g/mol. The van der Waals surface area contributed by atoms with Crippen molar-refractivity contribution in [3.05, 3.63) is 35.4 Å². The number of benzene rings is 1. The van der Waals surface area contributed by atoms with Crippen LogP contribution in [0.1, 0.15) is 53.3 Å². The van der Waals surface area contributed by atoms with Gasteiger partial charge in [-0.05, 0) is 43.7 Å². The van der Waals surface area contributed by atoms with Crippen LogP contribution in [0, 0.1) is 5.92 Å². The molecule has 1 aromatic carbocycles. The molecule has 0 radical (unpaired) electrons. The van der Waals surface area contributed by atoms with Gasteiger partial charge in [-0.3, -0.25) is 19.3 Å². The molecule has 3 rings (SSSR count). The summed E-state index contributed by atoms with van der Waals surface area (Å²) >= 11 is 1.38. The third-order valence-corrected chi connectivity index (χ3v) is 5.57. The van der Waals surface area contributed by atoms with E-state index in [4.69, 9.17) is 0 Å². The van der Waals surface area contributed by atoms with E-state index in [2.05, 4.69) is 0 Å². The van der Waals surface area contributed by atoms with Gasteiger partial charge in [-0.15, -0.1) is 0 Å². The van der Waals surface area contributed by atoms with Crippen LogP contribution in [0.2, 0.25) is 0 Å². The standard InChI is InChI=1S/C17H19NO3S/c1-11(19)22-10-12-6-8-13(9-7-12)18-16(20)14-4-2-3-5-15(14)17(18)21/h2-5,12-13H,6-10H2,1H3. The van der Waals surface area contributed by atoms with E-state index >= 15 is 0 Å². The van der Waals surface area contributed by atoms with Gasteiger partial charge < -0.3 is 0 Å². The normalized spacial score (nSPS) is 24.5. The maximum atomic E-state index is 12.5. The molecule has 1 saturated carbocycles. The summed E-state index contributed by atoms with van der Waals surface area (Å²) in [5, 5.41) is 0.155. The topological polar surface area (TPSA) is 54.5 Å². The minimum absolute atomic E-state index is 0.00554. The summed E-state index contributed by atoms with van der Waals surface area (Å²) in [5.41, 5.74) is 1.06. The molecule has 1 aliphatic heterocycles. The Labute approximate surface area is 134 Å². The first-order valence-corrected chi connectivity index (χ1v) is 8.66. The Morgan fingerprint density at radius 2 is 1.64 bits per heavy atom. The highest BCUT2D eigenvalue weighted by molar-refractivity contribution is 8.13. The molecule has 22 heavy (non-hydrogen) atoms. The fourth-order valence-electron chi connectivity index (χ4n) is 3.34. The summed E-state index contributed by atoms with van der Waals surface area (Å²) in [6, 6.07) is 7.05. The second kappa shape index (κ2) is 6.24. The summed E-state index contributed by atoms with van der Waals surface area (Å²) in [4.78, 5) is 37.4. The molecule has 1 aromatic rings. The molecule has 0 aromatic heterocycles. The Kier molecular flexibility index (Phi) is 4.34. The van der Waals surface area contributed by atoms with Crippen LogP contribution in [0.15, 0.2) is 24.3 Å². The molecule has 5 heteroatoms. The fourth-order valence-corrected chi connectivity index (χ4v) is 4.15. The molecule has 1 aliphatic carbocycles. The van der Waals surface area contributed by atoms with E-state index in [0.29, 0.717) is 17.0 Å². The SMILES string of the molecule is CC(=O)SCC1CCC(N2C(=O)c3ccccc3C2=O)CC1. The van der Waals surface area contributed by atoms with Gasteiger partial charge in [0.05, 0.1) is 11.1 Å². The number of hydrogen-bond donors (Lipinski definition) is 0. The summed E-state index contributed by atoms with van der Waals surface area (Å²) in [6.45, 7) is 1.59. The minimum Gasteiger partial charge on any atom is -0.288 e. The molecule has 1 fully saturated rings. The molecular weight excluding hydrogens is 298 g/mol. The Morgan fingerprint density at radius 1 is 1.09 bits per heavy atom. The average Bonchev–Trinajstić information content (AvgIpc) is 2.78. The van der Waals surface area contributed by atoms with Gasteiger partial charge in [0.25, 0.3) is 11.8 Å². The molecule has 0 spiro atoms. The number of carbonyl (C=O) groups is 3. The summed E-state index contributed by atoms with van der Waals surface area (Å²) in [5.74, 6) is 1.06. The van der Waals surface area contributed by atoms with Crippen LogP contribution in [0.25, 0.3) is 0 Å². The second-order valence-corrected chi connectivity index (χ2v) is 7.20. The van der Waals surface area contributed by atoms with Crippen molar-refractivity contribution in [1.82, 2.24) is 4.90 Å². The molecular formula is C17H19NO3S. The second-order valence-electron chi connectivity index (χ2n) is 6.00. The van der Waals surface area contributed by atoms with Crippen LogP contribution in [0.3, 0.4) is 0 Å². The van der Waals surface area contributed by atoms with Crippen molar-refractivity contribution >= 4 is 28.7 Å². The Hall–Kier alpha value is -1.62. The maximum absolute atomic E-state index is 12.5. The van der Waals surface area contributed by atoms with Gasteiger partial charge in [0.1, 0.15) is 0 Å². The zero-order valence-corrected chi connectivity index (χ0v) is 13.4. The molecule has 0 atom stereocenters. The number of nitrogens with zero attached hydrogens (tertiary/aromatic N) is 1. The zero-order chi connectivity index (χ0) is 15.7. The predicted octanol–water partition coefficient (Wildman–Crippen LogP) is 3.12. The largest absolute Gasteiger partial charge is 0.288 e. The zero-order valence-electron chi connectivity index (χ0n) is 12.6. The number of amides is 2. The summed E-state index contributed by atoms with van der Waals surface area (Å²) < 4.78 is 0. The number of rotatable bonds is 3. The molecule has 116 valence electrons. The Balaban J connectivity index is 1.64. The van der Waals surface area contributed by atoms with Crippen LogP contribution >= 0.6 is 11.8 Å². The summed E-state index contributed by atoms with van der Waals surface area (Å²) in [6.07, 6.45) is 3.62. The van der Waals surface area contributed by atoms with Gasteiger partial charge in [0.15, 0.2) is 5.12 Å². The van der Waals surface area contributed by atoms with Crippen molar-refractivity contribution in [2.45, 2.75) is 38.6 Å². The minimum atomic E-state index is -0.151. The highest BCUT2D eigenvalue weighted by atomic mass is 32.2. The molecule has 0 saturated heterocycles. The number of thioether (sulfide) groups is 1. The van der Waals surface area contributed by atoms with Crippen molar-refractivity contribution in [2.24, 2.45) is 5.92 Å². The van der Waals surface area contributed by atoms with Gasteiger partial charge in [-0.2, -0.15) is 0 Å². The third kappa shape index (κ3) is 2.82. The van der Waals surface area contributed by atoms with E-state index in [1.165, 1.54) is 16.7 Å². The lowest BCUT2D eigenvalue weighted by Gasteiger charge is -2.33. The van der Waals surface area contributed by atoms with Crippen LogP contribution < -0.4 is 0 Å². The number of hydrogen-bond acceptors (Lipinski definition) is 4. The van der Waals surface area contributed by atoms with Gasteiger partial charge in [0, 0.05) is 18.7 Å². The van der Waals surface area contributed by atoms with Gasteiger partial charge in [-0.1, -0.05) is 23.9 Å². The number of carbonyl (C=O) groups excluding carboxylic acids is 3. The predicted molar refractivity (Wildman–Crippen MR) is 85.8 cm³/mol. The van der Waals surface area contributed by atoms with E-state index < -0.39 is 0 Å². The van der Waals surface area contributed by atoms with E-state index in [0.717, 1.165) is 31.4 Å². The molecule has 4 nitrogen and oxygen atoms in total. The van der Waals surface area contributed by atoms with E-state index in [-0.39, 0.29) is 23.0 Å². The van der Waals surface area contributed by atoms with Crippen molar-refractivity contribution in [3.8, 4) is 0 Å².